The van der Waals surface area contributed by atoms with Crippen molar-refractivity contribution in [1.29, 1.82) is 0 Å². The molecule has 0 aromatic carbocycles. The molecule has 4 N–H and O–H groups in total. The Kier molecular flexibility index (Phi) is 5.36. The molecule has 0 radical (unpaired) electrons. The molecule has 0 aliphatic heterocycles. The molecule has 21 heavy (non-hydrogen) atoms. The Morgan fingerprint density at radius 2 is 2.33 bits per heavy atom. The Bertz CT molecular complexity index is 510. The molecular weight excluding hydrogens is 272 g/mol. The largest absolute Gasteiger partial charge is 0.480 e. The molecule has 1 aromatic rings. The molecule has 0 bridgehead atoms. The van der Waals surface area contributed by atoms with Crippen molar-refractivity contribution in [2.75, 3.05) is 6.54 Å². The number of carbonyl (C=O) groups excluding carboxylic acids is 1. The van der Waals surface area contributed by atoms with Crippen molar-refractivity contribution >= 4 is 12.0 Å². The Balaban J connectivity index is 1.74. The number of rotatable bonds is 7. The van der Waals surface area contributed by atoms with E-state index < -0.39 is 18.0 Å². The number of carboxylic acid groups (broad SMARTS) is 1. The minimum atomic E-state index is -1.07. The van der Waals surface area contributed by atoms with Crippen LogP contribution in [-0.2, 0) is 11.2 Å². The fourth-order valence-electron chi connectivity index (χ4n) is 2.33. The predicted molar refractivity (Wildman–Crippen MR) is 76.8 cm³/mol. The molecule has 0 saturated carbocycles. The van der Waals surface area contributed by atoms with Gasteiger partial charge < -0.3 is 20.7 Å². The Morgan fingerprint density at radius 1 is 1.48 bits per heavy atom. The SMILES string of the molecule is O=C(NCCC1=CCCC1)NC(Cc1cnc[nH]1)C(=O)O. The van der Waals surface area contributed by atoms with Gasteiger partial charge in [-0.3, -0.25) is 0 Å². The molecule has 114 valence electrons. The summed E-state index contributed by atoms with van der Waals surface area (Å²) in [7, 11) is 0. The molecule has 1 atom stereocenters. The summed E-state index contributed by atoms with van der Waals surface area (Å²) in [6.45, 7) is 0.522. The minimum Gasteiger partial charge on any atom is -0.480 e. The highest BCUT2D eigenvalue weighted by Crippen LogP contribution is 2.19. The van der Waals surface area contributed by atoms with Crippen molar-refractivity contribution in [3.05, 3.63) is 29.9 Å². The lowest BCUT2D eigenvalue weighted by atomic mass is 10.1. The first-order valence-corrected chi connectivity index (χ1v) is 7.07. The number of nitrogens with one attached hydrogen (secondary N) is 3. The van der Waals surface area contributed by atoms with Gasteiger partial charge in [0.1, 0.15) is 6.04 Å². The standard InChI is InChI=1S/C14H20N4O3/c19-13(20)12(7-11-8-15-9-17-11)18-14(21)16-6-5-10-3-1-2-4-10/h3,8-9,12H,1-2,4-7H2,(H,15,17)(H,19,20)(H2,16,18,21). The van der Waals surface area contributed by atoms with E-state index in [0.717, 1.165) is 19.3 Å². The topological polar surface area (TPSA) is 107 Å². The van der Waals surface area contributed by atoms with Gasteiger partial charge in [0.05, 0.1) is 6.33 Å². The highest BCUT2D eigenvalue weighted by atomic mass is 16.4. The molecule has 7 heteroatoms. The maximum Gasteiger partial charge on any atom is 0.326 e. The molecule has 0 saturated heterocycles. The van der Waals surface area contributed by atoms with Crippen molar-refractivity contribution in [2.24, 2.45) is 0 Å². The van der Waals surface area contributed by atoms with E-state index in [9.17, 15) is 9.59 Å². The summed E-state index contributed by atoms with van der Waals surface area (Å²) >= 11 is 0. The second kappa shape index (κ2) is 7.47. The Hall–Kier alpha value is -2.31. The van der Waals surface area contributed by atoms with E-state index in [0.29, 0.717) is 12.2 Å². The van der Waals surface area contributed by atoms with E-state index >= 15 is 0 Å². The normalized spacial score (nSPS) is 15.3. The molecule has 0 spiro atoms. The van der Waals surface area contributed by atoms with Crippen molar-refractivity contribution < 1.29 is 14.7 Å². The van der Waals surface area contributed by atoms with Crippen LogP contribution in [0.2, 0.25) is 0 Å². The van der Waals surface area contributed by atoms with Gasteiger partial charge in [-0.1, -0.05) is 11.6 Å². The maximum atomic E-state index is 11.7. The minimum absolute atomic E-state index is 0.175. The number of urea groups is 1. The summed E-state index contributed by atoms with van der Waals surface area (Å²) in [5.74, 6) is -1.07. The van der Waals surface area contributed by atoms with E-state index in [1.54, 1.807) is 6.20 Å². The van der Waals surface area contributed by atoms with Gasteiger partial charge in [-0.25, -0.2) is 14.6 Å². The smallest absolute Gasteiger partial charge is 0.326 e. The van der Waals surface area contributed by atoms with Crippen LogP contribution in [0, 0.1) is 0 Å². The number of aliphatic carboxylic acids is 1. The number of aromatic amines is 1. The van der Waals surface area contributed by atoms with Crippen LogP contribution < -0.4 is 10.6 Å². The van der Waals surface area contributed by atoms with Crippen molar-refractivity contribution in [1.82, 2.24) is 20.6 Å². The zero-order valence-electron chi connectivity index (χ0n) is 11.8. The molecular formula is C14H20N4O3. The summed E-state index contributed by atoms with van der Waals surface area (Å²) in [6.07, 6.45) is 9.63. The molecule has 1 heterocycles. The molecule has 0 fully saturated rings. The van der Waals surface area contributed by atoms with Gasteiger partial charge in [-0.05, 0) is 25.7 Å². The average Bonchev–Trinajstić information content (AvgIpc) is 3.10. The predicted octanol–water partition coefficient (Wildman–Crippen LogP) is 1.21. The van der Waals surface area contributed by atoms with Crippen molar-refractivity contribution in [3.63, 3.8) is 0 Å². The van der Waals surface area contributed by atoms with Crippen LogP contribution in [-0.4, -0.2) is 39.7 Å². The zero-order chi connectivity index (χ0) is 15.1. The highest BCUT2D eigenvalue weighted by Gasteiger charge is 2.20. The number of hydrogen-bond acceptors (Lipinski definition) is 3. The summed E-state index contributed by atoms with van der Waals surface area (Å²) in [4.78, 5) is 29.5. The van der Waals surface area contributed by atoms with Crippen LogP contribution >= 0.6 is 0 Å². The van der Waals surface area contributed by atoms with Crippen LogP contribution in [0.1, 0.15) is 31.4 Å². The summed E-state index contributed by atoms with van der Waals surface area (Å²) in [5, 5.41) is 14.3. The third-order valence-electron chi connectivity index (χ3n) is 3.45. The van der Waals surface area contributed by atoms with E-state index in [4.69, 9.17) is 5.11 Å². The lowest BCUT2D eigenvalue weighted by Gasteiger charge is -2.14. The van der Waals surface area contributed by atoms with Crippen LogP contribution in [0.25, 0.3) is 0 Å². The van der Waals surface area contributed by atoms with Gasteiger partial charge in [0.15, 0.2) is 0 Å². The fourth-order valence-corrected chi connectivity index (χ4v) is 2.33. The first-order chi connectivity index (χ1) is 10.1. The number of nitrogens with zero attached hydrogens (tertiary/aromatic N) is 1. The number of aromatic nitrogens is 2. The van der Waals surface area contributed by atoms with E-state index in [1.807, 2.05) is 0 Å². The summed E-state index contributed by atoms with van der Waals surface area (Å²) in [5.41, 5.74) is 2.03. The van der Waals surface area contributed by atoms with Crippen LogP contribution in [0.15, 0.2) is 24.2 Å². The number of carboxylic acids is 1. The Morgan fingerprint density at radius 3 is 2.95 bits per heavy atom. The van der Waals surface area contributed by atoms with Gasteiger partial charge in [0.25, 0.3) is 0 Å². The first kappa shape index (κ1) is 15.1. The van der Waals surface area contributed by atoms with Gasteiger partial charge >= 0.3 is 12.0 Å². The van der Waals surface area contributed by atoms with Crippen LogP contribution in [0.3, 0.4) is 0 Å². The van der Waals surface area contributed by atoms with Gasteiger partial charge in [-0.2, -0.15) is 0 Å². The molecule has 1 aromatic heterocycles. The average molecular weight is 292 g/mol. The van der Waals surface area contributed by atoms with E-state index in [2.05, 4.69) is 26.7 Å². The van der Waals surface area contributed by atoms with Crippen LogP contribution in [0.4, 0.5) is 4.79 Å². The molecule has 1 aliphatic rings. The van der Waals surface area contributed by atoms with E-state index in [1.165, 1.54) is 18.3 Å². The van der Waals surface area contributed by atoms with E-state index in [-0.39, 0.29) is 6.42 Å². The van der Waals surface area contributed by atoms with Crippen molar-refractivity contribution in [2.45, 2.75) is 38.1 Å². The Labute approximate surface area is 122 Å². The second-order valence-corrected chi connectivity index (χ2v) is 5.08. The lowest BCUT2D eigenvalue weighted by molar-refractivity contribution is -0.139. The monoisotopic (exact) mass is 292 g/mol. The molecule has 2 rings (SSSR count). The number of hydrogen-bond donors (Lipinski definition) is 4. The lowest BCUT2D eigenvalue weighted by Crippen LogP contribution is -2.47. The molecule has 7 nitrogen and oxygen atoms in total. The number of imidazole rings is 1. The quantitative estimate of drug-likeness (QED) is 0.566. The van der Waals surface area contributed by atoms with Crippen LogP contribution in [0.5, 0.6) is 0 Å². The van der Waals surface area contributed by atoms with Gasteiger partial charge in [0, 0.05) is 24.9 Å². The van der Waals surface area contributed by atoms with Crippen molar-refractivity contribution in [3.8, 4) is 0 Å². The number of carbonyl (C=O) groups is 2. The number of amides is 2. The third kappa shape index (κ3) is 4.94. The maximum absolute atomic E-state index is 11.7. The molecule has 1 aliphatic carbocycles. The molecule has 2 amide bonds. The summed E-state index contributed by atoms with van der Waals surface area (Å²) in [6, 6.07) is -1.43. The zero-order valence-corrected chi connectivity index (χ0v) is 11.8. The van der Waals surface area contributed by atoms with Gasteiger partial charge in [0.2, 0.25) is 0 Å². The van der Waals surface area contributed by atoms with Gasteiger partial charge in [-0.15, -0.1) is 0 Å². The second-order valence-electron chi connectivity index (χ2n) is 5.08. The summed E-state index contributed by atoms with van der Waals surface area (Å²) < 4.78 is 0. The number of allylic oxidation sites excluding steroid dienone is 1. The third-order valence-corrected chi connectivity index (χ3v) is 3.45. The number of H-pyrrole nitrogens is 1. The highest BCUT2D eigenvalue weighted by molar-refractivity contribution is 5.82. The first-order valence-electron chi connectivity index (χ1n) is 7.07. The fraction of sp³-hybridized carbons (Fsp3) is 0.500. The molecule has 1 unspecified atom stereocenters.